The lowest BCUT2D eigenvalue weighted by Gasteiger charge is -2.23. The van der Waals surface area contributed by atoms with Gasteiger partial charge in [0.05, 0.1) is 12.8 Å². The number of benzene rings is 1. The number of guanidine groups is 1. The number of hydrogen-bond acceptors (Lipinski definition) is 9. The number of hydrogen-bond donors (Lipinski definition) is 7. The minimum absolute atomic E-state index is 0.00547. The largest absolute Gasteiger partial charge is 0.394 e. The van der Waals surface area contributed by atoms with Crippen LogP contribution in [-0.4, -0.2) is 74.6 Å². The molecule has 0 bridgehead atoms. The van der Waals surface area contributed by atoms with E-state index in [-0.39, 0.29) is 11.7 Å². The average molecular weight is 399 g/mol. The number of carbonyl (C=O) groups excluding carboxylic acids is 1. The number of aliphatic hydroxyl groups is 5. The number of aliphatic hydroxyl groups excluding tert-OH is 5. The van der Waals surface area contributed by atoms with Gasteiger partial charge in [-0.2, -0.15) is 5.10 Å². The highest BCUT2D eigenvalue weighted by Gasteiger charge is 2.29. The number of amides is 1. The normalized spacial score (nSPS) is 20.3. The Morgan fingerprint density at radius 2 is 1.85 bits per heavy atom. The van der Waals surface area contributed by atoms with E-state index in [1.54, 1.807) is 24.3 Å². The van der Waals surface area contributed by atoms with Crippen LogP contribution in [0.5, 0.6) is 0 Å². The van der Waals surface area contributed by atoms with Gasteiger partial charge < -0.3 is 25.5 Å². The minimum Gasteiger partial charge on any atom is -0.394 e. The van der Waals surface area contributed by atoms with Crippen molar-refractivity contribution in [3.63, 3.8) is 0 Å². The first-order valence-electron chi connectivity index (χ1n) is 7.81. The van der Waals surface area contributed by atoms with Gasteiger partial charge in [-0.05, 0) is 23.8 Å². The molecular weight excluding hydrogens is 380 g/mol. The maximum absolute atomic E-state index is 11.9. The Kier molecular flexibility index (Phi) is 7.42. The summed E-state index contributed by atoms with van der Waals surface area (Å²) >= 11 is 5.80. The van der Waals surface area contributed by atoms with Crippen molar-refractivity contribution < 1.29 is 30.3 Å². The molecule has 1 aliphatic heterocycles. The van der Waals surface area contributed by atoms with Gasteiger partial charge in [-0.3, -0.25) is 10.1 Å². The van der Waals surface area contributed by atoms with Gasteiger partial charge in [0.15, 0.2) is 0 Å². The van der Waals surface area contributed by atoms with E-state index in [0.717, 1.165) is 6.21 Å². The van der Waals surface area contributed by atoms with Crippen LogP contribution >= 0.6 is 11.6 Å². The fourth-order valence-electron chi connectivity index (χ4n) is 2.04. The maximum Gasteiger partial charge on any atom is 0.276 e. The van der Waals surface area contributed by atoms with Crippen LogP contribution in [0.3, 0.4) is 0 Å². The predicted molar refractivity (Wildman–Crippen MR) is 97.7 cm³/mol. The van der Waals surface area contributed by atoms with Gasteiger partial charge in [0.1, 0.15) is 30.1 Å². The Morgan fingerprint density at radius 3 is 2.48 bits per heavy atom. The first-order valence-corrected chi connectivity index (χ1v) is 8.19. The third-order valence-corrected chi connectivity index (χ3v) is 3.80. The number of carbonyl (C=O) groups is 1. The smallest absolute Gasteiger partial charge is 0.276 e. The van der Waals surface area contributed by atoms with E-state index in [1.807, 2.05) is 0 Å². The molecule has 0 radical (unpaired) electrons. The van der Waals surface area contributed by atoms with Crippen LogP contribution in [0.25, 0.3) is 6.08 Å². The molecule has 0 saturated heterocycles. The van der Waals surface area contributed by atoms with Crippen molar-refractivity contribution in [3.05, 3.63) is 40.5 Å². The van der Waals surface area contributed by atoms with E-state index >= 15 is 0 Å². The number of hydrazone groups is 1. The van der Waals surface area contributed by atoms with Crippen molar-refractivity contribution in [2.24, 2.45) is 10.1 Å². The molecule has 0 spiro atoms. The highest BCUT2D eigenvalue weighted by atomic mass is 35.5. The molecule has 10 nitrogen and oxygen atoms in total. The quantitative estimate of drug-likeness (QED) is 0.161. The molecule has 1 heterocycles. The lowest BCUT2D eigenvalue weighted by Crippen LogP contribution is -2.46. The van der Waals surface area contributed by atoms with Crippen LogP contribution in [0.4, 0.5) is 0 Å². The summed E-state index contributed by atoms with van der Waals surface area (Å²) in [7, 11) is 0. The van der Waals surface area contributed by atoms with Gasteiger partial charge in [-0.1, -0.05) is 23.7 Å². The summed E-state index contributed by atoms with van der Waals surface area (Å²) in [6.45, 7) is -0.786. The molecule has 11 heteroatoms. The zero-order valence-corrected chi connectivity index (χ0v) is 14.7. The lowest BCUT2D eigenvalue weighted by atomic mass is 10.0. The van der Waals surface area contributed by atoms with Crippen molar-refractivity contribution in [1.82, 2.24) is 10.7 Å². The summed E-state index contributed by atoms with van der Waals surface area (Å²) in [6, 6.07) is 6.77. The molecular formula is C16H19ClN4O6. The number of nitrogens with zero attached hydrogens (tertiary/aromatic N) is 2. The van der Waals surface area contributed by atoms with Gasteiger partial charge in [0.25, 0.3) is 5.91 Å². The topological polar surface area (TPSA) is 167 Å². The Morgan fingerprint density at radius 1 is 1.19 bits per heavy atom. The molecule has 27 heavy (non-hydrogen) atoms. The van der Waals surface area contributed by atoms with Gasteiger partial charge in [0.2, 0.25) is 5.96 Å². The summed E-state index contributed by atoms with van der Waals surface area (Å²) < 4.78 is 0. The van der Waals surface area contributed by atoms with Crippen LogP contribution in [0.15, 0.2) is 40.1 Å². The molecule has 0 aliphatic carbocycles. The molecule has 1 aliphatic rings. The molecule has 146 valence electrons. The summed E-state index contributed by atoms with van der Waals surface area (Å²) in [5.74, 6) is -0.473. The fraction of sp³-hybridized carbons (Fsp3) is 0.312. The molecule has 7 N–H and O–H groups in total. The van der Waals surface area contributed by atoms with Crippen molar-refractivity contribution >= 4 is 35.8 Å². The van der Waals surface area contributed by atoms with Gasteiger partial charge in [-0.25, -0.2) is 10.4 Å². The minimum atomic E-state index is -1.78. The average Bonchev–Trinajstić information content (AvgIpc) is 3.00. The van der Waals surface area contributed by atoms with Gasteiger partial charge >= 0.3 is 0 Å². The van der Waals surface area contributed by atoms with E-state index in [2.05, 4.69) is 20.8 Å². The van der Waals surface area contributed by atoms with Crippen molar-refractivity contribution in [2.45, 2.75) is 24.4 Å². The predicted octanol–water partition coefficient (Wildman–Crippen LogP) is -1.82. The standard InChI is InChI=1S/C16H19ClN4O6/c17-9-3-1-8(2-4-9)5-10-15(27)20-16(19-10)21-18-6-11(23)13(25)14(26)12(24)7-22/h1-6,11-14,22-26H,7H2,(H2,19,20,21,27)/b10-5+,18-6?. The van der Waals surface area contributed by atoms with Crippen molar-refractivity contribution in [2.75, 3.05) is 6.61 Å². The lowest BCUT2D eigenvalue weighted by molar-refractivity contribution is -0.115. The van der Waals surface area contributed by atoms with Crippen LogP contribution in [0.1, 0.15) is 5.56 Å². The van der Waals surface area contributed by atoms with E-state index in [1.165, 1.54) is 6.08 Å². The number of aliphatic imine (C=N–C) groups is 1. The number of nitrogens with one attached hydrogen (secondary N) is 2. The second kappa shape index (κ2) is 9.55. The van der Waals surface area contributed by atoms with E-state index in [0.29, 0.717) is 10.6 Å². The molecule has 2 rings (SSSR count). The molecule has 0 fully saturated rings. The molecule has 1 amide bonds. The Bertz CT molecular complexity index is 752. The van der Waals surface area contributed by atoms with Crippen molar-refractivity contribution in [3.8, 4) is 0 Å². The Labute approximate surface area is 159 Å². The summed E-state index contributed by atoms with van der Waals surface area (Å²) in [5.41, 5.74) is 3.20. The third-order valence-electron chi connectivity index (χ3n) is 3.55. The summed E-state index contributed by atoms with van der Waals surface area (Å²) in [5, 5.41) is 53.3. The first kappa shape index (κ1) is 21.0. The maximum atomic E-state index is 11.9. The monoisotopic (exact) mass is 398 g/mol. The molecule has 1 aromatic carbocycles. The van der Waals surface area contributed by atoms with E-state index in [4.69, 9.17) is 16.7 Å². The van der Waals surface area contributed by atoms with Gasteiger partial charge in [-0.15, -0.1) is 0 Å². The van der Waals surface area contributed by atoms with E-state index < -0.39 is 36.9 Å². The highest BCUT2D eigenvalue weighted by molar-refractivity contribution is 6.30. The van der Waals surface area contributed by atoms with Crippen molar-refractivity contribution in [1.29, 1.82) is 0 Å². The molecule has 0 saturated carbocycles. The summed E-state index contributed by atoms with van der Waals surface area (Å²) in [4.78, 5) is 15.9. The van der Waals surface area contributed by atoms with Crippen LogP contribution in [0, 0.1) is 0 Å². The number of rotatable bonds is 7. The van der Waals surface area contributed by atoms with Crippen LogP contribution in [0.2, 0.25) is 5.02 Å². The zero-order valence-electron chi connectivity index (χ0n) is 13.9. The molecule has 4 atom stereocenters. The fourth-order valence-corrected chi connectivity index (χ4v) is 2.16. The second-order valence-electron chi connectivity index (χ2n) is 5.61. The molecule has 0 aromatic heterocycles. The molecule has 4 unspecified atom stereocenters. The highest BCUT2D eigenvalue weighted by Crippen LogP contribution is 2.14. The Balaban J connectivity index is 1.96. The number of halogens is 1. The summed E-state index contributed by atoms with van der Waals surface area (Å²) in [6.07, 6.45) is -4.43. The Hall–Kier alpha value is -2.34. The molecule has 1 aromatic rings. The van der Waals surface area contributed by atoms with Gasteiger partial charge in [0, 0.05) is 5.02 Å². The third kappa shape index (κ3) is 5.82. The first-order chi connectivity index (χ1) is 12.8. The SMILES string of the molecule is O=C1NC(NN=CC(O)C(O)C(O)C(O)CO)=N/C1=C/c1ccc(Cl)cc1. The van der Waals surface area contributed by atoms with Crippen LogP contribution in [-0.2, 0) is 4.79 Å². The zero-order chi connectivity index (χ0) is 20.0. The van der Waals surface area contributed by atoms with E-state index in [9.17, 15) is 25.2 Å². The second-order valence-corrected chi connectivity index (χ2v) is 6.04. The van der Waals surface area contributed by atoms with Crippen LogP contribution < -0.4 is 10.7 Å².